The third-order valence-corrected chi connectivity index (χ3v) is 6.02. The summed E-state index contributed by atoms with van der Waals surface area (Å²) in [5, 5.41) is 6.49. The lowest BCUT2D eigenvalue weighted by Crippen LogP contribution is -2.06. The third kappa shape index (κ3) is 4.59. The summed E-state index contributed by atoms with van der Waals surface area (Å²) in [6, 6.07) is 13.8. The quantitative estimate of drug-likeness (QED) is 0.261. The number of nitrogens with one attached hydrogen (secondary N) is 1. The lowest BCUT2D eigenvalue weighted by Gasteiger charge is -2.11. The Morgan fingerprint density at radius 3 is 2.77 bits per heavy atom. The van der Waals surface area contributed by atoms with Crippen LogP contribution in [0.25, 0.3) is 21.3 Å². The summed E-state index contributed by atoms with van der Waals surface area (Å²) in [6.45, 7) is 6.72. The smallest absolute Gasteiger partial charge is 0.338 e. The lowest BCUT2D eigenvalue weighted by atomic mass is 9.99. The Kier molecular flexibility index (Phi) is 6.28. The first-order valence-corrected chi connectivity index (χ1v) is 11.3. The molecule has 0 unspecified atom stereocenters. The first-order valence-electron chi connectivity index (χ1n) is 10.4. The molecule has 4 aromatic rings. The van der Waals surface area contributed by atoms with Crippen molar-refractivity contribution in [2.75, 3.05) is 11.9 Å². The van der Waals surface area contributed by atoms with Crippen LogP contribution in [0.1, 0.15) is 41.3 Å². The molecule has 0 aliphatic rings. The number of carbonyl (C=O) groups excluding carboxylic acids is 1. The van der Waals surface area contributed by atoms with Crippen LogP contribution in [-0.4, -0.2) is 22.5 Å². The second-order valence-corrected chi connectivity index (χ2v) is 8.42. The van der Waals surface area contributed by atoms with Gasteiger partial charge in [0.2, 0.25) is 0 Å². The molecule has 1 N–H and O–H groups in total. The molecule has 2 aromatic carbocycles. The number of esters is 1. The van der Waals surface area contributed by atoms with Crippen molar-refractivity contribution in [3.8, 4) is 11.1 Å². The average molecular weight is 432 g/mol. The van der Waals surface area contributed by atoms with Gasteiger partial charge < -0.3 is 10.1 Å². The molecule has 5 nitrogen and oxygen atoms in total. The van der Waals surface area contributed by atoms with E-state index in [-0.39, 0.29) is 5.97 Å². The monoisotopic (exact) mass is 431 g/mol. The maximum Gasteiger partial charge on any atom is 0.338 e. The average Bonchev–Trinajstić information content (AvgIpc) is 3.19. The number of carbonyl (C=O) groups is 1. The summed E-state index contributed by atoms with van der Waals surface area (Å²) in [4.78, 5) is 22.2. The van der Waals surface area contributed by atoms with E-state index in [0.29, 0.717) is 12.2 Å². The molecule has 0 aliphatic carbocycles. The van der Waals surface area contributed by atoms with Crippen molar-refractivity contribution < 1.29 is 9.53 Å². The summed E-state index contributed by atoms with van der Waals surface area (Å²) in [6.07, 6.45) is 3.42. The van der Waals surface area contributed by atoms with E-state index in [1.807, 2.05) is 12.1 Å². The molecule has 158 valence electrons. The highest BCUT2D eigenvalue weighted by Gasteiger charge is 2.15. The highest BCUT2D eigenvalue weighted by atomic mass is 32.1. The molecular weight excluding hydrogens is 406 g/mol. The number of benzene rings is 2. The zero-order valence-corrected chi connectivity index (χ0v) is 18.8. The van der Waals surface area contributed by atoms with Crippen molar-refractivity contribution in [1.82, 2.24) is 9.97 Å². The van der Waals surface area contributed by atoms with E-state index in [0.717, 1.165) is 40.1 Å². The summed E-state index contributed by atoms with van der Waals surface area (Å²) >= 11 is 1.60. The number of hydrogen-bond donors (Lipinski definition) is 1. The summed E-state index contributed by atoms with van der Waals surface area (Å²) < 4.78 is 5.34. The summed E-state index contributed by atoms with van der Waals surface area (Å²) in [5.41, 5.74) is 6.03. The molecule has 2 heterocycles. The van der Waals surface area contributed by atoms with Crippen LogP contribution >= 0.6 is 11.3 Å². The van der Waals surface area contributed by atoms with Crippen molar-refractivity contribution in [3.63, 3.8) is 0 Å². The highest BCUT2D eigenvalue weighted by Crippen LogP contribution is 2.38. The Morgan fingerprint density at radius 2 is 1.97 bits per heavy atom. The Bertz CT molecular complexity index is 1230. The number of fused-ring (bicyclic) bond motifs is 1. The van der Waals surface area contributed by atoms with Crippen molar-refractivity contribution in [2.45, 2.75) is 33.6 Å². The fraction of sp³-hybridized carbons (Fsp3) is 0.240. The number of anilines is 2. The molecule has 0 spiro atoms. The third-order valence-electron chi connectivity index (χ3n) is 5.13. The fourth-order valence-corrected chi connectivity index (χ4v) is 4.44. The van der Waals surface area contributed by atoms with Gasteiger partial charge in [-0.05, 0) is 49.6 Å². The Balaban J connectivity index is 1.68. The van der Waals surface area contributed by atoms with Gasteiger partial charge in [-0.1, -0.05) is 43.2 Å². The predicted molar refractivity (Wildman–Crippen MR) is 127 cm³/mol. The molecule has 0 radical (unpaired) electrons. The molecule has 2 aromatic heterocycles. The molecule has 4 rings (SSSR count). The van der Waals surface area contributed by atoms with E-state index in [9.17, 15) is 4.79 Å². The zero-order valence-electron chi connectivity index (χ0n) is 17.9. The molecule has 0 atom stereocenters. The van der Waals surface area contributed by atoms with Crippen LogP contribution in [-0.2, 0) is 4.74 Å². The van der Waals surface area contributed by atoms with Gasteiger partial charge in [0.15, 0.2) is 0 Å². The normalized spacial score (nSPS) is 10.9. The minimum Gasteiger partial charge on any atom is -0.462 e. The number of thiophene rings is 1. The lowest BCUT2D eigenvalue weighted by molar-refractivity contribution is 0.0500. The fourth-order valence-electron chi connectivity index (χ4n) is 3.54. The maximum atomic E-state index is 12.3. The van der Waals surface area contributed by atoms with E-state index >= 15 is 0 Å². The zero-order chi connectivity index (χ0) is 21.8. The van der Waals surface area contributed by atoms with E-state index < -0.39 is 0 Å². The number of rotatable bonds is 7. The van der Waals surface area contributed by atoms with Crippen molar-refractivity contribution >= 4 is 39.0 Å². The highest BCUT2D eigenvalue weighted by molar-refractivity contribution is 7.17. The number of nitrogens with zero attached hydrogens (tertiary/aromatic N) is 2. The van der Waals surface area contributed by atoms with Gasteiger partial charge in [-0.3, -0.25) is 0 Å². The molecule has 0 saturated heterocycles. The first-order chi connectivity index (χ1) is 15.1. The van der Waals surface area contributed by atoms with Gasteiger partial charge in [-0.25, -0.2) is 14.8 Å². The Labute approximate surface area is 186 Å². The molecular formula is C25H25N3O2S. The van der Waals surface area contributed by atoms with Gasteiger partial charge in [0, 0.05) is 16.6 Å². The minimum absolute atomic E-state index is 0.309. The SMILES string of the molecule is CCCCOC(=O)c1cccc(Nc2ncnc3scc(-c4ccc(C)cc4C)c23)c1. The molecule has 0 bridgehead atoms. The summed E-state index contributed by atoms with van der Waals surface area (Å²) in [7, 11) is 0. The van der Waals surface area contributed by atoms with Gasteiger partial charge in [-0.15, -0.1) is 11.3 Å². The first kappa shape index (κ1) is 21.0. The second-order valence-electron chi connectivity index (χ2n) is 7.57. The second kappa shape index (κ2) is 9.27. The van der Waals surface area contributed by atoms with Crippen molar-refractivity contribution in [2.24, 2.45) is 0 Å². The van der Waals surface area contributed by atoms with E-state index in [2.05, 4.69) is 59.6 Å². The van der Waals surface area contributed by atoms with Gasteiger partial charge >= 0.3 is 5.97 Å². The molecule has 0 saturated carbocycles. The predicted octanol–water partition coefficient (Wildman–Crippen LogP) is 6.68. The molecule has 0 aliphatic heterocycles. The van der Waals surface area contributed by atoms with Gasteiger partial charge in [0.25, 0.3) is 0 Å². The van der Waals surface area contributed by atoms with Gasteiger partial charge in [0.1, 0.15) is 17.0 Å². The standard InChI is InChI=1S/C25H25N3O2S/c1-4-5-11-30-25(29)18-7-6-8-19(13-18)28-23-22-21(14-31-24(22)27-15-26-23)20-10-9-16(2)12-17(20)3/h6-10,12-15H,4-5,11H2,1-3H3,(H,26,27,28). The number of aromatic nitrogens is 2. The number of unbranched alkanes of at least 4 members (excludes halogenated alkanes) is 1. The van der Waals surface area contributed by atoms with E-state index in [1.54, 1.807) is 29.8 Å². The topological polar surface area (TPSA) is 64.1 Å². The molecule has 0 fully saturated rings. The van der Waals surface area contributed by atoms with Crippen LogP contribution in [0.15, 0.2) is 54.2 Å². The Morgan fingerprint density at radius 1 is 1.10 bits per heavy atom. The van der Waals surface area contributed by atoms with Crippen LogP contribution in [0.3, 0.4) is 0 Å². The number of aryl methyl sites for hydroxylation is 2. The van der Waals surface area contributed by atoms with Crippen molar-refractivity contribution in [3.05, 3.63) is 70.9 Å². The largest absolute Gasteiger partial charge is 0.462 e. The molecule has 6 heteroatoms. The molecule has 0 amide bonds. The van der Waals surface area contributed by atoms with Crippen LogP contribution in [0.5, 0.6) is 0 Å². The maximum absolute atomic E-state index is 12.3. The number of hydrogen-bond acceptors (Lipinski definition) is 6. The molecule has 31 heavy (non-hydrogen) atoms. The van der Waals surface area contributed by atoms with Crippen LogP contribution in [0.4, 0.5) is 11.5 Å². The van der Waals surface area contributed by atoms with E-state index in [4.69, 9.17) is 4.74 Å². The Hall–Kier alpha value is -3.25. The van der Waals surface area contributed by atoms with Crippen LogP contribution < -0.4 is 5.32 Å². The van der Waals surface area contributed by atoms with Crippen LogP contribution in [0, 0.1) is 13.8 Å². The number of ether oxygens (including phenoxy) is 1. The minimum atomic E-state index is -0.309. The summed E-state index contributed by atoms with van der Waals surface area (Å²) in [5.74, 6) is 0.411. The van der Waals surface area contributed by atoms with E-state index in [1.165, 1.54) is 16.7 Å². The van der Waals surface area contributed by atoms with Crippen LogP contribution in [0.2, 0.25) is 0 Å². The van der Waals surface area contributed by atoms with Gasteiger partial charge in [-0.2, -0.15) is 0 Å². The van der Waals surface area contributed by atoms with Crippen molar-refractivity contribution in [1.29, 1.82) is 0 Å². The van der Waals surface area contributed by atoms with Gasteiger partial charge in [0.05, 0.1) is 17.6 Å².